The Labute approximate surface area is 121 Å². The number of urea groups is 1. The first-order chi connectivity index (χ1) is 10.1. The predicted octanol–water partition coefficient (Wildman–Crippen LogP) is -0.0308. The van der Waals surface area contributed by atoms with Gasteiger partial charge < -0.3 is 20.1 Å². The van der Waals surface area contributed by atoms with Crippen LogP contribution in [0.4, 0.5) is 4.79 Å². The molecule has 0 spiro atoms. The van der Waals surface area contributed by atoms with Crippen molar-refractivity contribution in [2.75, 3.05) is 33.4 Å². The molecule has 2 N–H and O–H groups in total. The highest BCUT2D eigenvalue weighted by atomic mass is 16.5. The summed E-state index contributed by atoms with van der Waals surface area (Å²) in [6.45, 7) is 2.33. The highest BCUT2D eigenvalue weighted by Gasteiger charge is 2.32. The first-order valence-electron chi connectivity index (χ1n) is 6.78. The second-order valence-corrected chi connectivity index (χ2v) is 4.88. The number of hydrogen-bond donors (Lipinski definition) is 2. The number of rotatable bonds is 7. The van der Waals surface area contributed by atoms with Crippen molar-refractivity contribution >= 4 is 12.0 Å². The number of aromatic nitrogens is 3. The Morgan fingerprint density at radius 2 is 2.24 bits per heavy atom. The molecule has 0 atom stereocenters. The first-order valence-corrected chi connectivity index (χ1v) is 6.78. The van der Waals surface area contributed by atoms with Crippen molar-refractivity contribution in [3.8, 4) is 0 Å². The molecule has 2 heterocycles. The van der Waals surface area contributed by atoms with Gasteiger partial charge in [0.15, 0.2) is 5.69 Å². The molecule has 2 rings (SSSR count). The number of aromatic carboxylic acids is 1. The average Bonchev–Trinajstić information content (AvgIpc) is 2.86. The lowest BCUT2D eigenvalue weighted by molar-refractivity contribution is 0.0690. The third-order valence-corrected chi connectivity index (χ3v) is 3.30. The van der Waals surface area contributed by atoms with Crippen LogP contribution >= 0.6 is 0 Å². The second-order valence-electron chi connectivity index (χ2n) is 4.88. The molecule has 1 fully saturated rings. The fourth-order valence-corrected chi connectivity index (χ4v) is 2.02. The van der Waals surface area contributed by atoms with Crippen LogP contribution in [-0.2, 0) is 4.74 Å². The van der Waals surface area contributed by atoms with Crippen LogP contribution in [-0.4, -0.2) is 70.4 Å². The Kier molecular flexibility index (Phi) is 5.09. The first kappa shape index (κ1) is 15.2. The Balaban J connectivity index is 1.68. The van der Waals surface area contributed by atoms with Gasteiger partial charge in [-0.15, -0.1) is 5.10 Å². The monoisotopic (exact) mass is 297 g/mol. The number of nitrogens with zero attached hydrogens (tertiary/aromatic N) is 4. The third kappa shape index (κ3) is 3.91. The van der Waals surface area contributed by atoms with Crippen molar-refractivity contribution in [3.05, 3.63) is 11.9 Å². The van der Waals surface area contributed by atoms with E-state index in [1.807, 2.05) is 0 Å². The lowest BCUT2D eigenvalue weighted by Crippen LogP contribution is -2.54. The molecule has 2 amide bonds. The molecule has 0 bridgehead atoms. The molecule has 1 aromatic rings. The van der Waals surface area contributed by atoms with Crippen molar-refractivity contribution in [2.24, 2.45) is 0 Å². The van der Waals surface area contributed by atoms with Gasteiger partial charge in [0.1, 0.15) is 0 Å². The molecule has 21 heavy (non-hydrogen) atoms. The number of likely N-dealkylation sites (tertiary alicyclic amines) is 1. The molecule has 116 valence electrons. The van der Waals surface area contributed by atoms with Gasteiger partial charge in [-0.25, -0.2) is 14.3 Å². The number of carbonyl (C=O) groups excluding carboxylic acids is 1. The van der Waals surface area contributed by atoms with Gasteiger partial charge in [0.05, 0.1) is 12.2 Å². The van der Waals surface area contributed by atoms with Crippen LogP contribution in [0.3, 0.4) is 0 Å². The summed E-state index contributed by atoms with van der Waals surface area (Å²) >= 11 is 0. The molecular formula is C12H19N5O4. The zero-order chi connectivity index (χ0) is 15.2. The highest BCUT2D eigenvalue weighted by molar-refractivity contribution is 5.84. The number of carboxylic acid groups (broad SMARTS) is 1. The van der Waals surface area contributed by atoms with Gasteiger partial charge in [-0.1, -0.05) is 5.21 Å². The van der Waals surface area contributed by atoms with Crippen molar-refractivity contribution in [2.45, 2.75) is 18.9 Å². The number of amides is 2. The summed E-state index contributed by atoms with van der Waals surface area (Å²) in [5.74, 6) is -1.11. The molecule has 1 aliphatic rings. The smallest absolute Gasteiger partial charge is 0.358 e. The van der Waals surface area contributed by atoms with E-state index in [2.05, 4.69) is 15.6 Å². The fourth-order valence-electron chi connectivity index (χ4n) is 2.02. The SMILES string of the molecule is COCCCCNC(=O)N1CC(n2cc(C(=O)O)nn2)C1. The van der Waals surface area contributed by atoms with Gasteiger partial charge in [-0.2, -0.15) is 0 Å². The maximum absolute atomic E-state index is 11.8. The molecule has 0 radical (unpaired) electrons. The lowest BCUT2D eigenvalue weighted by Gasteiger charge is -2.38. The van der Waals surface area contributed by atoms with Crippen LogP contribution in [0, 0.1) is 0 Å². The van der Waals surface area contributed by atoms with E-state index in [1.54, 1.807) is 12.0 Å². The van der Waals surface area contributed by atoms with Crippen molar-refractivity contribution in [1.82, 2.24) is 25.2 Å². The van der Waals surface area contributed by atoms with Crippen molar-refractivity contribution in [1.29, 1.82) is 0 Å². The second kappa shape index (κ2) is 7.02. The standard InChI is InChI=1S/C12H19N5O4/c1-21-5-3-2-4-13-12(20)16-6-9(7-16)17-8-10(11(18)19)14-15-17/h8-9H,2-7H2,1H3,(H,13,20)(H,18,19). The van der Waals surface area contributed by atoms with E-state index in [9.17, 15) is 9.59 Å². The largest absolute Gasteiger partial charge is 0.476 e. The summed E-state index contributed by atoms with van der Waals surface area (Å²) in [5, 5.41) is 18.9. The lowest BCUT2D eigenvalue weighted by atomic mass is 10.1. The molecule has 9 nitrogen and oxygen atoms in total. The molecule has 1 saturated heterocycles. The van der Waals surface area contributed by atoms with E-state index in [4.69, 9.17) is 9.84 Å². The van der Waals surface area contributed by atoms with E-state index in [0.717, 1.165) is 12.8 Å². The zero-order valence-electron chi connectivity index (χ0n) is 11.9. The molecule has 1 aliphatic heterocycles. The van der Waals surface area contributed by atoms with Gasteiger partial charge in [0, 0.05) is 33.4 Å². The number of ether oxygens (including phenoxy) is 1. The van der Waals surface area contributed by atoms with Gasteiger partial charge in [0.2, 0.25) is 0 Å². The molecular weight excluding hydrogens is 278 g/mol. The minimum atomic E-state index is -1.11. The summed E-state index contributed by atoms with van der Waals surface area (Å²) in [6.07, 6.45) is 3.17. The number of nitrogens with one attached hydrogen (secondary N) is 1. The van der Waals surface area contributed by atoms with Crippen molar-refractivity contribution in [3.63, 3.8) is 0 Å². The molecule has 0 aromatic carbocycles. The average molecular weight is 297 g/mol. The number of carboxylic acids is 1. The van der Waals surface area contributed by atoms with Gasteiger partial charge in [0.25, 0.3) is 0 Å². The Hall–Kier alpha value is -2.16. The van der Waals surface area contributed by atoms with Gasteiger partial charge >= 0.3 is 12.0 Å². The minimum absolute atomic E-state index is 0.00941. The molecule has 9 heteroatoms. The zero-order valence-corrected chi connectivity index (χ0v) is 11.9. The van der Waals surface area contributed by atoms with E-state index < -0.39 is 5.97 Å². The maximum Gasteiger partial charge on any atom is 0.358 e. The molecule has 0 saturated carbocycles. The number of hydrogen-bond acceptors (Lipinski definition) is 5. The summed E-state index contributed by atoms with van der Waals surface area (Å²) in [7, 11) is 1.65. The van der Waals surface area contributed by atoms with Crippen LogP contribution < -0.4 is 5.32 Å². The van der Waals surface area contributed by atoms with E-state index in [-0.39, 0.29) is 17.8 Å². The minimum Gasteiger partial charge on any atom is -0.476 e. The highest BCUT2D eigenvalue weighted by Crippen LogP contribution is 2.20. The van der Waals surface area contributed by atoms with Crippen molar-refractivity contribution < 1.29 is 19.4 Å². The Bertz CT molecular complexity index is 498. The van der Waals surface area contributed by atoms with E-state index in [1.165, 1.54) is 10.9 Å². The summed E-state index contributed by atoms with van der Waals surface area (Å²) < 4.78 is 6.42. The topological polar surface area (TPSA) is 110 Å². The van der Waals surface area contributed by atoms with Crippen LogP contribution in [0.1, 0.15) is 29.4 Å². The molecule has 1 aromatic heterocycles. The Morgan fingerprint density at radius 1 is 1.48 bits per heavy atom. The van der Waals surface area contributed by atoms with Crippen LogP contribution in [0.15, 0.2) is 6.20 Å². The fraction of sp³-hybridized carbons (Fsp3) is 0.667. The van der Waals surface area contributed by atoms with Gasteiger partial charge in [-0.3, -0.25) is 0 Å². The van der Waals surface area contributed by atoms with Crippen LogP contribution in [0.25, 0.3) is 0 Å². The maximum atomic E-state index is 11.8. The van der Waals surface area contributed by atoms with Crippen LogP contribution in [0.2, 0.25) is 0 Å². The predicted molar refractivity (Wildman–Crippen MR) is 72.1 cm³/mol. The Morgan fingerprint density at radius 3 is 2.86 bits per heavy atom. The molecule has 0 unspecified atom stereocenters. The number of methoxy groups -OCH3 is 1. The third-order valence-electron chi connectivity index (χ3n) is 3.30. The van der Waals surface area contributed by atoms with Crippen LogP contribution in [0.5, 0.6) is 0 Å². The molecule has 0 aliphatic carbocycles. The van der Waals surface area contributed by atoms with E-state index >= 15 is 0 Å². The quantitative estimate of drug-likeness (QED) is 0.684. The summed E-state index contributed by atoms with van der Waals surface area (Å²) in [6, 6.07) is -0.118. The summed E-state index contributed by atoms with van der Waals surface area (Å²) in [5.41, 5.74) is -0.0870. The normalized spacial score (nSPS) is 14.8. The van der Waals surface area contributed by atoms with Gasteiger partial charge in [-0.05, 0) is 12.8 Å². The number of unbranched alkanes of at least 4 members (excludes halogenated alkanes) is 1. The summed E-state index contributed by atoms with van der Waals surface area (Å²) in [4.78, 5) is 24.2. The van der Waals surface area contributed by atoms with E-state index in [0.29, 0.717) is 26.2 Å². The number of carbonyl (C=O) groups is 2.